The van der Waals surface area contributed by atoms with Gasteiger partial charge in [0.1, 0.15) is 0 Å². The summed E-state index contributed by atoms with van der Waals surface area (Å²) in [6.45, 7) is 6.59. The Morgan fingerprint density at radius 3 is 1.96 bits per heavy atom. The summed E-state index contributed by atoms with van der Waals surface area (Å²) in [5.74, 6) is 0. The average Bonchev–Trinajstić information content (AvgIpc) is 2.67. The first-order valence-corrected chi connectivity index (χ1v) is 11.8. The molecule has 146 valence electrons. The minimum absolute atomic E-state index is 0.0535. The highest BCUT2D eigenvalue weighted by Crippen LogP contribution is 2.40. The maximum Gasteiger partial charge on any atom is 0.261 e. The molecular weight excluding hydrogens is 352 g/mol. The van der Waals surface area contributed by atoms with Crippen molar-refractivity contribution in [2.45, 2.75) is 63.2 Å². The molecule has 0 radical (unpaired) electrons. The summed E-state index contributed by atoms with van der Waals surface area (Å²) in [7, 11) is -2.60. The van der Waals surface area contributed by atoms with E-state index in [1.165, 1.54) is 10.4 Å². The Hall–Kier alpha value is -1.46. The van der Waals surface area contributed by atoms with E-state index in [9.17, 15) is 10.2 Å². The van der Waals surface area contributed by atoms with Gasteiger partial charge in [0.05, 0.1) is 12.2 Å². The number of benzene rings is 2. The molecular formula is C23H32O3Si. The van der Waals surface area contributed by atoms with Crippen molar-refractivity contribution >= 4 is 18.7 Å². The number of aliphatic hydroxyl groups is 2. The zero-order chi connectivity index (χ0) is 19.5. The predicted molar refractivity (Wildman–Crippen MR) is 113 cm³/mol. The van der Waals surface area contributed by atoms with E-state index in [1.54, 1.807) is 0 Å². The summed E-state index contributed by atoms with van der Waals surface area (Å²) in [4.78, 5) is 0. The van der Waals surface area contributed by atoms with Crippen LogP contribution in [0.4, 0.5) is 0 Å². The van der Waals surface area contributed by atoms with Crippen LogP contribution in [-0.2, 0) is 4.43 Å². The first kappa shape index (κ1) is 20.3. The molecule has 0 saturated heterocycles. The topological polar surface area (TPSA) is 49.7 Å². The molecule has 0 aromatic heterocycles. The van der Waals surface area contributed by atoms with E-state index in [4.69, 9.17) is 4.43 Å². The van der Waals surface area contributed by atoms with E-state index in [1.807, 2.05) is 12.1 Å². The van der Waals surface area contributed by atoms with Gasteiger partial charge in [0.2, 0.25) is 0 Å². The second-order valence-electron chi connectivity index (χ2n) is 8.88. The molecule has 0 spiro atoms. The van der Waals surface area contributed by atoms with Crippen LogP contribution in [-0.4, -0.2) is 36.8 Å². The standard InChI is InChI=1S/C23H32O3Si/c1-22(2,3)27(20-12-6-4-7-13-20,21-14-8-5-9-15-21)26-19-11-10-16-23(25,17-19)18-24/h4-9,12-15,19,24-25H,10-11,16-18H2,1-3H3. The molecule has 0 heterocycles. The van der Waals surface area contributed by atoms with E-state index in [0.29, 0.717) is 12.8 Å². The van der Waals surface area contributed by atoms with Gasteiger partial charge in [-0.05, 0) is 34.7 Å². The van der Waals surface area contributed by atoms with E-state index in [2.05, 4.69) is 69.3 Å². The Bertz CT molecular complexity index is 687. The second kappa shape index (κ2) is 7.88. The summed E-state index contributed by atoms with van der Waals surface area (Å²) in [5, 5.41) is 22.8. The van der Waals surface area contributed by atoms with Crippen molar-refractivity contribution in [3.63, 3.8) is 0 Å². The maximum absolute atomic E-state index is 10.7. The Kier molecular flexibility index (Phi) is 5.92. The van der Waals surface area contributed by atoms with Crippen LogP contribution in [0.2, 0.25) is 5.04 Å². The van der Waals surface area contributed by atoms with Crippen LogP contribution in [0.15, 0.2) is 60.7 Å². The summed E-state index contributed by atoms with van der Waals surface area (Å²) in [6, 6.07) is 21.2. The predicted octanol–water partition coefficient (Wildman–Crippen LogP) is 3.23. The second-order valence-corrected chi connectivity index (χ2v) is 13.1. The monoisotopic (exact) mass is 384 g/mol. The summed E-state index contributed by atoms with van der Waals surface area (Å²) in [5.41, 5.74) is -1.02. The summed E-state index contributed by atoms with van der Waals surface area (Å²) in [6.07, 6.45) is 2.88. The molecule has 27 heavy (non-hydrogen) atoms. The van der Waals surface area contributed by atoms with Gasteiger partial charge in [-0.1, -0.05) is 81.4 Å². The van der Waals surface area contributed by atoms with E-state index in [-0.39, 0.29) is 17.7 Å². The lowest BCUT2D eigenvalue weighted by molar-refractivity contribution is -0.0735. The van der Waals surface area contributed by atoms with Gasteiger partial charge in [-0.3, -0.25) is 0 Å². The first-order chi connectivity index (χ1) is 12.8. The lowest BCUT2D eigenvalue weighted by Gasteiger charge is -2.47. The van der Waals surface area contributed by atoms with Crippen LogP contribution in [0.5, 0.6) is 0 Å². The molecule has 1 saturated carbocycles. The van der Waals surface area contributed by atoms with Crippen LogP contribution in [0, 0.1) is 0 Å². The molecule has 2 N–H and O–H groups in total. The molecule has 3 rings (SSSR count). The average molecular weight is 385 g/mol. The molecule has 2 atom stereocenters. The van der Waals surface area contributed by atoms with Gasteiger partial charge in [0.15, 0.2) is 0 Å². The van der Waals surface area contributed by atoms with E-state index >= 15 is 0 Å². The molecule has 1 fully saturated rings. The van der Waals surface area contributed by atoms with Crippen molar-refractivity contribution in [2.24, 2.45) is 0 Å². The summed E-state index contributed by atoms with van der Waals surface area (Å²) < 4.78 is 7.08. The third-order valence-corrected chi connectivity index (χ3v) is 10.9. The normalized spacial score (nSPS) is 24.0. The molecule has 2 unspecified atom stereocenters. The van der Waals surface area contributed by atoms with E-state index < -0.39 is 13.9 Å². The molecule has 0 bridgehead atoms. The highest BCUT2D eigenvalue weighted by atomic mass is 28.4. The third-order valence-electron chi connectivity index (χ3n) is 5.83. The van der Waals surface area contributed by atoms with Gasteiger partial charge in [-0.25, -0.2) is 0 Å². The van der Waals surface area contributed by atoms with Gasteiger partial charge in [-0.15, -0.1) is 0 Å². The van der Waals surface area contributed by atoms with Crippen molar-refractivity contribution in [3.05, 3.63) is 60.7 Å². The largest absolute Gasteiger partial charge is 0.404 e. The van der Waals surface area contributed by atoms with Crippen LogP contribution in [0.3, 0.4) is 0 Å². The molecule has 0 aliphatic heterocycles. The van der Waals surface area contributed by atoms with Crippen molar-refractivity contribution in [1.82, 2.24) is 0 Å². The highest BCUT2D eigenvalue weighted by Gasteiger charge is 2.52. The minimum atomic E-state index is -2.60. The highest BCUT2D eigenvalue weighted by molar-refractivity contribution is 6.99. The van der Waals surface area contributed by atoms with Crippen LogP contribution in [0.25, 0.3) is 0 Å². The van der Waals surface area contributed by atoms with Crippen molar-refractivity contribution in [3.8, 4) is 0 Å². The number of hydrogen-bond acceptors (Lipinski definition) is 3. The molecule has 0 amide bonds. The smallest absolute Gasteiger partial charge is 0.261 e. The molecule has 4 heteroatoms. The molecule has 1 aliphatic carbocycles. The molecule has 1 aliphatic rings. The zero-order valence-corrected chi connectivity index (χ0v) is 17.7. The first-order valence-electron chi connectivity index (χ1n) is 9.93. The number of aliphatic hydroxyl groups excluding tert-OH is 1. The Balaban J connectivity index is 2.10. The maximum atomic E-state index is 10.7. The van der Waals surface area contributed by atoms with Gasteiger partial charge >= 0.3 is 0 Å². The van der Waals surface area contributed by atoms with Crippen molar-refractivity contribution in [2.75, 3.05) is 6.61 Å². The van der Waals surface area contributed by atoms with Crippen LogP contribution >= 0.6 is 0 Å². The van der Waals surface area contributed by atoms with Crippen LogP contribution in [0.1, 0.15) is 46.5 Å². The lowest BCUT2D eigenvalue weighted by atomic mass is 9.84. The fourth-order valence-electron chi connectivity index (χ4n) is 4.47. The minimum Gasteiger partial charge on any atom is -0.404 e. The van der Waals surface area contributed by atoms with Gasteiger partial charge in [-0.2, -0.15) is 0 Å². The molecule has 2 aromatic rings. The van der Waals surface area contributed by atoms with Gasteiger partial charge in [0, 0.05) is 12.5 Å². The summed E-state index contributed by atoms with van der Waals surface area (Å²) >= 11 is 0. The Morgan fingerprint density at radius 2 is 1.52 bits per heavy atom. The molecule has 3 nitrogen and oxygen atoms in total. The quantitative estimate of drug-likeness (QED) is 0.778. The Morgan fingerprint density at radius 1 is 1.00 bits per heavy atom. The number of hydrogen-bond donors (Lipinski definition) is 2. The lowest BCUT2D eigenvalue weighted by Crippen LogP contribution is -2.68. The molecule has 2 aromatic carbocycles. The van der Waals surface area contributed by atoms with Gasteiger partial charge in [0.25, 0.3) is 8.32 Å². The Labute approximate surface area is 164 Å². The van der Waals surface area contributed by atoms with Crippen molar-refractivity contribution < 1.29 is 14.6 Å². The van der Waals surface area contributed by atoms with E-state index in [0.717, 1.165) is 12.8 Å². The van der Waals surface area contributed by atoms with Crippen molar-refractivity contribution in [1.29, 1.82) is 0 Å². The fraction of sp³-hybridized carbons (Fsp3) is 0.478. The zero-order valence-electron chi connectivity index (χ0n) is 16.7. The third kappa shape index (κ3) is 4.04. The van der Waals surface area contributed by atoms with Crippen LogP contribution < -0.4 is 10.4 Å². The fourth-order valence-corrected chi connectivity index (χ4v) is 9.19. The number of rotatable bonds is 5. The SMILES string of the molecule is CC(C)(C)[Si](OC1CCCC(O)(CO)C1)(c1ccccc1)c1ccccc1. The van der Waals surface area contributed by atoms with Gasteiger partial charge < -0.3 is 14.6 Å².